The van der Waals surface area contributed by atoms with Crippen LogP contribution in [0.25, 0.3) is 0 Å². The van der Waals surface area contributed by atoms with Gasteiger partial charge in [0.05, 0.1) is 0 Å². The maximum atomic E-state index is 10.3. The number of hydrogen-bond donors (Lipinski definition) is 1. The van der Waals surface area contributed by atoms with Crippen LogP contribution in [0.1, 0.15) is 6.92 Å². The number of rotatable bonds is 3. The third-order valence-electron chi connectivity index (χ3n) is 0.564. The second-order valence-electron chi connectivity index (χ2n) is 1.52. The lowest BCUT2D eigenvalue weighted by Gasteiger charge is -2.04. The Morgan fingerprint density at radius 3 is 2.67 bits per heavy atom. The number of carbonyl (C=O) groups is 1. The molecule has 0 saturated carbocycles. The minimum Gasteiger partial charge on any atom is -0.435 e. The summed E-state index contributed by atoms with van der Waals surface area (Å²) in [6.07, 6.45) is -1.05. The van der Waals surface area contributed by atoms with Gasteiger partial charge in [0.2, 0.25) is 0 Å². The molecule has 0 aromatic rings. The molecule has 0 amide bonds. The first kappa shape index (κ1) is 8.39. The average molecular weight is 134 g/mol. The Bertz CT molecular complexity index is 89.0. The zero-order valence-electron chi connectivity index (χ0n) is 5.46. The molecule has 0 aliphatic heterocycles. The van der Waals surface area contributed by atoms with Gasteiger partial charge >= 0.3 is 5.97 Å². The lowest BCUT2D eigenvalue weighted by atomic mass is 10.7. The lowest BCUT2D eigenvalue weighted by molar-refractivity contribution is -0.168. The lowest BCUT2D eigenvalue weighted by Crippen LogP contribution is -2.17. The van der Waals surface area contributed by atoms with Crippen LogP contribution in [0.2, 0.25) is 0 Å². The van der Waals surface area contributed by atoms with Crippen LogP contribution in [0.3, 0.4) is 0 Å². The molecule has 0 aliphatic carbocycles. The van der Waals surface area contributed by atoms with Crippen molar-refractivity contribution in [3.05, 3.63) is 0 Å². The third kappa shape index (κ3) is 5.26. The van der Waals surface area contributed by atoms with Crippen molar-refractivity contribution < 1.29 is 19.4 Å². The van der Waals surface area contributed by atoms with Gasteiger partial charge in [-0.05, 0) is 6.92 Å². The molecular weight excluding hydrogens is 124 g/mol. The van der Waals surface area contributed by atoms with Gasteiger partial charge in [-0.15, -0.1) is 0 Å². The molecule has 54 valence electrons. The second kappa shape index (κ2) is 4.29. The molecule has 0 saturated heterocycles. The summed E-state index contributed by atoms with van der Waals surface area (Å²) in [5.74, 6) is -0.562. The van der Waals surface area contributed by atoms with Gasteiger partial charge in [-0.2, -0.15) is 0 Å². The Labute approximate surface area is 53.4 Å². The molecule has 0 aromatic heterocycles. The minimum atomic E-state index is -1.05. The highest BCUT2D eigenvalue weighted by molar-refractivity contribution is 5.70. The number of hydrogen-bond acceptors (Lipinski definition) is 4. The van der Waals surface area contributed by atoms with E-state index in [1.165, 1.54) is 14.0 Å². The fourth-order valence-electron chi connectivity index (χ4n) is 0.342. The van der Waals surface area contributed by atoms with Crippen molar-refractivity contribution in [3.8, 4) is 0 Å². The Morgan fingerprint density at radius 1 is 1.78 bits per heavy atom. The van der Waals surface area contributed by atoms with E-state index in [-0.39, 0.29) is 6.61 Å². The van der Waals surface area contributed by atoms with Crippen molar-refractivity contribution in [2.75, 3.05) is 13.7 Å². The maximum absolute atomic E-state index is 10.3. The van der Waals surface area contributed by atoms with E-state index in [4.69, 9.17) is 5.11 Å². The van der Waals surface area contributed by atoms with Crippen LogP contribution in [-0.2, 0) is 14.3 Å². The van der Waals surface area contributed by atoms with Crippen molar-refractivity contribution in [1.29, 1.82) is 0 Å². The SMILES string of the molecule is COCC(=O)OC(C)O. The highest BCUT2D eigenvalue weighted by Gasteiger charge is 2.03. The average Bonchev–Trinajstić information content (AvgIpc) is 1.63. The fourth-order valence-corrected chi connectivity index (χ4v) is 0.342. The van der Waals surface area contributed by atoms with Gasteiger partial charge in [-0.1, -0.05) is 0 Å². The summed E-state index contributed by atoms with van der Waals surface area (Å²) in [4.78, 5) is 10.3. The number of carbonyl (C=O) groups excluding carboxylic acids is 1. The van der Waals surface area contributed by atoms with Crippen LogP contribution in [0.15, 0.2) is 0 Å². The number of methoxy groups -OCH3 is 1. The molecule has 0 aliphatic rings. The van der Waals surface area contributed by atoms with Gasteiger partial charge in [-0.3, -0.25) is 0 Å². The molecule has 1 atom stereocenters. The highest BCUT2D eigenvalue weighted by atomic mass is 16.6. The van der Waals surface area contributed by atoms with Crippen molar-refractivity contribution in [1.82, 2.24) is 0 Å². The first-order chi connectivity index (χ1) is 4.16. The second-order valence-corrected chi connectivity index (χ2v) is 1.52. The Hall–Kier alpha value is -0.610. The van der Waals surface area contributed by atoms with Crippen LogP contribution in [-0.4, -0.2) is 31.1 Å². The van der Waals surface area contributed by atoms with E-state index >= 15 is 0 Å². The minimum absolute atomic E-state index is 0.120. The van der Waals surface area contributed by atoms with E-state index in [2.05, 4.69) is 9.47 Å². The summed E-state index contributed by atoms with van der Waals surface area (Å²) >= 11 is 0. The third-order valence-corrected chi connectivity index (χ3v) is 0.564. The van der Waals surface area contributed by atoms with E-state index in [1.54, 1.807) is 0 Å². The summed E-state index contributed by atoms with van der Waals surface area (Å²) in [5.41, 5.74) is 0. The Morgan fingerprint density at radius 2 is 2.33 bits per heavy atom. The van der Waals surface area contributed by atoms with E-state index in [0.29, 0.717) is 0 Å². The van der Waals surface area contributed by atoms with Crippen LogP contribution < -0.4 is 0 Å². The zero-order valence-corrected chi connectivity index (χ0v) is 5.46. The number of esters is 1. The van der Waals surface area contributed by atoms with Gasteiger partial charge in [-0.25, -0.2) is 4.79 Å². The van der Waals surface area contributed by atoms with Crippen molar-refractivity contribution in [2.45, 2.75) is 13.2 Å². The highest BCUT2D eigenvalue weighted by Crippen LogP contribution is 1.84. The molecule has 9 heavy (non-hydrogen) atoms. The molecule has 0 radical (unpaired) electrons. The first-order valence-corrected chi connectivity index (χ1v) is 2.53. The van der Waals surface area contributed by atoms with Crippen molar-refractivity contribution in [3.63, 3.8) is 0 Å². The fraction of sp³-hybridized carbons (Fsp3) is 0.800. The number of ether oxygens (including phenoxy) is 2. The van der Waals surface area contributed by atoms with E-state index < -0.39 is 12.3 Å². The normalized spacial score (nSPS) is 12.8. The summed E-state index contributed by atoms with van der Waals surface area (Å²) in [7, 11) is 1.38. The van der Waals surface area contributed by atoms with Crippen LogP contribution >= 0.6 is 0 Å². The molecule has 1 unspecified atom stereocenters. The summed E-state index contributed by atoms with van der Waals surface area (Å²) < 4.78 is 8.70. The van der Waals surface area contributed by atoms with Crippen LogP contribution in [0, 0.1) is 0 Å². The summed E-state index contributed by atoms with van der Waals surface area (Å²) in [5, 5.41) is 8.45. The topological polar surface area (TPSA) is 55.8 Å². The van der Waals surface area contributed by atoms with Crippen molar-refractivity contribution >= 4 is 5.97 Å². The van der Waals surface area contributed by atoms with Gasteiger partial charge in [0.25, 0.3) is 0 Å². The Kier molecular flexibility index (Phi) is 4.00. The van der Waals surface area contributed by atoms with Crippen molar-refractivity contribution in [2.24, 2.45) is 0 Å². The largest absolute Gasteiger partial charge is 0.435 e. The van der Waals surface area contributed by atoms with E-state index in [0.717, 1.165) is 0 Å². The van der Waals surface area contributed by atoms with E-state index in [1.807, 2.05) is 0 Å². The molecule has 4 nitrogen and oxygen atoms in total. The van der Waals surface area contributed by atoms with Gasteiger partial charge in [0.1, 0.15) is 6.61 Å². The van der Waals surface area contributed by atoms with Gasteiger partial charge < -0.3 is 14.6 Å². The predicted octanol–water partition coefficient (Wildman–Crippen LogP) is -0.486. The molecule has 1 N–H and O–H groups in total. The Balaban J connectivity index is 3.27. The molecule has 0 rings (SSSR count). The first-order valence-electron chi connectivity index (χ1n) is 2.53. The number of aliphatic hydroxyl groups excluding tert-OH is 1. The number of aliphatic hydroxyl groups is 1. The smallest absolute Gasteiger partial charge is 0.334 e. The predicted molar refractivity (Wildman–Crippen MR) is 29.6 cm³/mol. The van der Waals surface area contributed by atoms with Crippen LogP contribution in [0.5, 0.6) is 0 Å². The van der Waals surface area contributed by atoms with E-state index in [9.17, 15) is 4.79 Å². The maximum Gasteiger partial charge on any atom is 0.334 e. The van der Waals surface area contributed by atoms with Crippen LogP contribution in [0.4, 0.5) is 0 Å². The molecule has 0 aromatic carbocycles. The summed E-state index contributed by atoms with van der Waals surface area (Å²) in [6.45, 7) is 1.23. The molecule has 0 spiro atoms. The molecular formula is C5H10O4. The molecule has 0 fully saturated rings. The quantitative estimate of drug-likeness (QED) is 0.418. The standard InChI is InChI=1S/C5H10O4/c1-4(6)9-5(7)3-8-2/h4,6H,3H2,1-2H3. The summed E-state index contributed by atoms with van der Waals surface area (Å²) in [6, 6.07) is 0. The molecule has 0 heterocycles. The molecule has 4 heteroatoms. The van der Waals surface area contributed by atoms with Gasteiger partial charge in [0, 0.05) is 7.11 Å². The molecule has 0 bridgehead atoms. The van der Waals surface area contributed by atoms with Gasteiger partial charge in [0.15, 0.2) is 6.29 Å². The monoisotopic (exact) mass is 134 g/mol. The zero-order chi connectivity index (χ0) is 7.28.